The topological polar surface area (TPSA) is 37.1 Å². The van der Waals surface area contributed by atoms with E-state index in [4.69, 9.17) is 0 Å². The molecule has 1 aliphatic rings. The van der Waals surface area contributed by atoms with Gasteiger partial charge >= 0.3 is 10.0 Å². The van der Waals surface area contributed by atoms with Crippen LogP contribution in [0.2, 0.25) is 0 Å². The van der Waals surface area contributed by atoms with Crippen LogP contribution in [0.15, 0.2) is 58.3 Å². The van der Waals surface area contributed by atoms with Gasteiger partial charge < -0.3 is 0 Å². The number of rotatable bonds is 2. The number of aryl methyl sites for hydroxylation is 1. The first-order chi connectivity index (χ1) is 9.59. The van der Waals surface area contributed by atoms with Gasteiger partial charge in [-0.25, -0.2) is 0 Å². The highest BCUT2D eigenvalue weighted by Gasteiger charge is 2.30. The lowest BCUT2D eigenvalue weighted by molar-refractivity contribution is -0.333. The molecule has 0 atom stereocenters. The van der Waals surface area contributed by atoms with E-state index in [0.29, 0.717) is 10.8 Å². The number of hydrogen-bond acceptors (Lipinski definition) is 3. The zero-order valence-corrected chi connectivity index (χ0v) is 12.6. The molecule has 0 aromatic heterocycles. The van der Waals surface area contributed by atoms with Crippen molar-refractivity contribution >= 4 is 28.0 Å². The molecule has 0 N–H and O–H groups in total. The van der Waals surface area contributed by atoms with Crippen LogP contribution < -0.4 is 0 Å². The summed E-state index contributed by atoms with van der Waals surface area (Å²) in [5.41, 5.74) is 2.14. The number of fused-ring (bicyclic) bond motifs is 1. The predicted molar refractivity (Wildman–Crippen MR) is 81.0 cm³/mol. The first kappa shape index (κ1) is 13.4. The highest BCUT2D eigenvalue weighted by Crippen LogP contribution is 2.30. The van der Waals surface area contributed by atoms with Gasteiger partial charge in [0, 0.05) is 4.90 Å². The Labute approximate surface area is 123 Å². The molecular weight excluding hydrogens is 290 g/mol. The molecular formula is C15H14NO2S2+. The van der Waals surface area contributed by atoms with Gasteiger partial charge in [-0.2, -0.15) is 8.42 Å². The van der Waals surface area contributed by atoms with Crippen molar-refractivity contribution in [3.63, 3.8) is 0 Å². The monoisotopic (exact) mass is 304 g/mol. The van der Waals surface area contributed by atoms with Gasteiger partial charge in [-0.3, -0.25) is 0 Å². The molecule has 0 amide bonds. The summed E-state index contributed by atoms with van der Waals surface area (Å²) in [5.74, 6) is 0.412. The summed E-state index contributed by atoms with van der Waals surface area (Å²) < 4.78 is 26.5. The van der Waals surface area contributed by atoms with Crippen molar-refractivity contribution in [2.24, 2.45) is 0 Å². The standard InChI is InChI=1S/C15H14NO2S2/c1-12-6-5-7-13-10-16(11-19-15(12)13)20(17,18)14-8-3-2-4-9-14/h2-10H,11H2,1H3/q+1. The van der Waals surface area contributed by atoms with Crippen LogP contribution in [0.3, 0.4) is 0 Å². The highest BCUT2D eigenvalue weighted by atomic mass is 32.2. The van der Waals surface area contributed by atoms with E-state index in [0.717, 1.165) is 10.5 Å². The summed E-state index contributed by atoms with van der Waals surface area (Å²) in [6, 6.07) is 14.5. The molecule has 102 valence electrons. The molecule has 0 unspecified atom stereocenters. The molecule has 0 aliphatic carbocycles. The van der Waals surface area contributed by atoms with E-state index in [2.05, 4.69) is 0 Å². The summed E-state index contributed by atoms with van der Waals surface area (Å²) in [4.78, 5) is 1.49. The van der Waals surface area contributed by atoms with E-state index in [9.17, 15) is 8.42 Å². The third-order valence-electron chi connectivity index (χ3n) is 3.21. The molecule has 1 heterocycles. The van der Waals surface area contributed by atoms with Crippen molar-refractivity contribution in [3.8, 4) is 0 Å². The first-order valence-electron chi connectivity index (χ1n) is 6.23. The molecule has 2 aromatic carbocycles. The van der Waals surface area contributed by atoms with Crippen molar-refractivity contribution in [1.82, 2.24) is 0 Å². The van der Waals surface area contributed by atoms with Crippen molar-refractivity contribution in [2.75, 3.05) is 5.88 Å². The summed E-state index contributed by atoms with van der Waals surface area (Å²) >= 11 is 1.56. The van der Waals surface area contributed by atoms with Gasteiger partial charge in [-0.15, -0.1) is 3.98 Å². The minimum absolute atomic E-state index is 0.327. The molecule has 0 bridgehead atoms. The van der Waals surface area contributed by atoms with Gasteiger partial charge in [0.2, 0.25) is 5.88 Å². The Bertz CT molecular complexity index is 781. The van der Waals surface area contributed by atoms with Crippen molar-refractivity contribution in [2.45, 2.75) is 16.7 Å². The third-order valence-corrected chi connectivity index (χ3v) is 6.35. The molecule has 0 fully saturated rings. The number of benzene rings is 2. The van der Waals surface area contributed by atoms with Crippen molar-refractivity contribution < 1.29 is 12.4 Å². The maximum atomic E-state index is 12.6. The van der Waals surface area contributed by atoms with E-state index < -0.39 is 10.0 Å². The molecule has 1 aliphatic heterocycles. The molecule has 0 saturated heterocycles. The molecule has 5 heteroatoms. The predicted octanol–water partition coefficient (Wildman–Crippen LogP) is 2.88. The second kappa shape index (κ2) is 5.07. The smallest absolute Gasteiger partial charge is 0.158 e. The zero-order valence-electron chi connectivity index (χ0n) is 11.0. The van der Waals surface area contributed by atoms with Crippen molar-refractivity contribution in [3.05, 3.63) is 59.7 Å². The molecule has 0 spiro atoms. The molecule has 2 aromatic rings. The number of sulfonamides is 1. The second-order valence-corrected chi connectivity index (χ2v) is 7.45. The lowest BCUT2D eigenvalue weighted by Gasteiger charge is -2.13. The van der Waals surface area contributed by atoms with Crippen molar-refractivity contribution in [1.29, 1.82) is 0 Å². The first-order valence-corrected chi connectivity index (χ1v) is 8.66. The fraction of sp³-hybridized carbons (Fsp3) is 0.133. The Balaban J connectivity index is 2.09. The van der Waals surface area contributed by atoms with Gasteiger partial charge in [0.25, 0.3) is 0 Å². The van der Waals surface area contributed by atoms with E-state index in [1.807, 2.05) is 31.2 Å². The van der Waals surface area contributed by atoms with Gasteiger partial charge in [0.05, 0.1) is 5.56 Å². The maximum Gasteiger partial charge on any atom is 0.395 e. The van der Waals surface area contributed by atoms with E-state index in [-0.39, 0.29) is 0 Å². The zero-order chi connectivity index (χ0) is 14.2. The Hall–Kier alpha value is -1.59. The Morgan fingerprint density at radius 2 is 1.80 bits per heavy atom. The quantitative estimate of drug-likeness (QED) is 0.801. The average molecular weight is 304 g/mol. The average Bonchev–Trinajstić information content (AvgIpc) is 2.48. The molecule has 3 rings (SSSR count). The Morgan fingerprint density at radius 3 is 2.55 bits per heavy atom. The minimum Gasteiger partial charge on any atom is -0.158 e. The fourth-order valence-corrected chi connectivity index (χ4v) is 4.81. The Morgan fingerprint density at radius 1 is 1.05 bits per heavy atom. The summed E-state index contributed by atoms with van der Waals surface area (Å²) in [6.45, 7) is 2.04. The Kier molecular flexibility index (Phi) is 3.40. The molecule has 20 heavy (non-hydrogen) atoms. The number of nitrogens with zero attached hydrogens (tertiary/aromatic N) is 1. The van der Waals surface area contributed by atoms with Gasteiger partial charge in [0.15, 0.2) is 6.21 Å². The lowest BCUT2D eigenvalue weighted by Crippen LogP contribution is -2.25. The van der Waals surface area contributed by atoms with Gasteiger partial charge in [-0.05, 0) is 30.7 Å². The molecule has 0 saturated carbocycles. The fourth-order valence-electron chi connectivity index (χ4n) is 2.16. The number of thioether (sulfide) groups is 1. The van der Waals surface area contributed by atoms with Crippen LogP contribution >= 0.6 is 11.8 Å². The summed E-state index contributed by atoms with van der Waals surface area (Å²) in [6.07, 6.45) is 1.72. The van der Waals surface area contributed by atoms with Gasteiger partial charge in [-0.1, -0.05) is 42.1 Å². The SMILES string of the molecule is Cc1cccc2c1SC[N+](S(=O)(=O)c1ccccc1)=C2. The van der Waals surface area contributed by atoms with Crippen LogP contribution in [0.4, 0.5) is 0 Å². The second-order valence-electron chi connectivity index (χ2n) is 4.60. The van der Waals surface area contributed by atoms with Crippen LogP contribution in [0.5, 0.6) is 0 Å². The highest BCUT2D eigenvalue weighted by molar-refractivity contribution is 7.99. The largest absolute Gasteiger partial charge is 0.395 e. The van der Waals surface area contributed by atoms with Crippen LogP contribution in [0.25, 0.3) is 0 Å². The van der Waals surface area contributed by atoms with Gasteiger partial charge in [0.1, 0.15) is 4.90 Å². The third kappa shape index (κ3) is 2.27. The van der Waals surface area contributed by atoms with E-state index >= 15 is 0 Å². The number of hydrogen-bond donors (Lipinski definition) is 0. The molecule has 0 radical (unpaired) electrons. The maximum absolute atomic E-state index is 12.6. The lowest BCUT2D eigenvalue weighted by atomic mass is 10.1. The molecule has 3 nitrogen and oxygen atoms in total. The normalized spacial score (nSPS) is 14.6. The van der Waals surface area contributed by atoms with Crippen LogP contribution in [0.1, 0.15) is 11.1 Å². The minimum atomic E-state index is -3.46. The van der Waals surface area contributed by atoms with E-state index in [1.54, 1.807) is 42.2 Å². The summed E-state index contributed by atoms with van der Waals surface area (Å²) in [7, 11) is -3.46. The van der Waals surface area contributed by atoms with E-state index in [1.165, 1.54) is 9.54 Å². The van der Waals surface area contributed by atoms with Crippen LogP contribution in [-0.4, -0.2) is 24.5 Å². The van der Waals surface area contributed by atoms with Crippen LogP contribution in [-0.2, 0) is 10.0 Å². The summed E-state index contributed by atoms with van der Waals surface area (Å²) in [5, 5.41) is 0. The van der Waals surface area contributed by atoms with Crippen LogP contribution in [0, 0.1) is 6.92 Å².